The maximum atomic E-state index is 12.9. The van der Waals surface area contributed by atoms with E-state index in [1.165, 1.54) is 0 Å². The molecule has 6 heteroatoms. The van der Waals surface area contributed by atoms with Crippen molar-refractivity contribution in [2.24, 2.45) is 11.8 Å². The maximum absolute atomic E-state index is 12.9. The molecule has 2 heterocycles. The molecule has 2 atom stereocenters. The average Bonchev–Trinajstić information content (AvgIpc) is 3.23. The summed E-state index contributed by atoms with van der Waals surface area (Å²) in [6.45, 7) is 9.98. The van der Waals surface area contributed by atoms with Gasteiger partial charge in [0, 0.05) is 37.7 Å². The zero-order valence-corrected chi connectivity index (χ0v) is 17.8. The molecule has 1 fully saturated rings. The highest BCUT2D eigenvalue weighted by atomic mass is 16.4. The van der Waals surface area contributed by atoms with Gasteiger partial charge in [-0.1, -0.05) is 44.2 Å². The molecule has 2 unspecified atom stereocenters. The van der Waals surface area contributed by atoms with Crippen molar-refractivity contribution in [1.82, 2.24) is 14.7 Å². The number of nitrogens with zero attached hydrogens (tertiary/aromatic N) is 3. The smallest absolute Gasteiger partial charge is 0.308 e. The molecule has 1 aromatic carbocycles. The van der Waals surface area contributed by atoms with Crippen LogP contribution in [0.15, 0.2) is 30.3 Å². The third-order valence-corrected chi connectivity index (χ3v) is 5.88. The lowest BCUT2D eigenvalue weighted by Crippen LogP contribution is -2.30. The summed E-state index contributed by atoms with van der Waals surface area (Å²) in [5, 5.41) is 14.3. The Balaban J connectivity index is 1.67. The van der Waals surface area contributed by atoms with Crippen LogP contribution in [0.4, 0.5) is 0 Å². The number of carbonyl (C=O) groups is 2. The third kappa shape index (κ3) is 4.69. The van der Waals surface area contributed by atoms with Crippen LogP contribution in [-0.2, 0) is 22.6 Å². The second-order valence-electron chi connectivity index (χ2n) is 8.49. The topological polar surface area (TPSA) is 75.4 Å². The summed E-state index contributed by atoms with van der Waals surface area (Å²) in [5.74, 6) is -1.02. The highest BCUT2D eigenvalue weighted by Gasteiger charge is 2.40. The first-order valence-corrected chi connectivity index (χ1v) is 10.4. The van der Waals surface area contributed by atoms with Crippen molar-refractivity contribution in [3.8, 4) is 0 Å². The van der Waals surface area contributed by atoms with Crippen molar-refractivity contribution in [3.05, 3.63) is 52.8 Å². The van der Waals surface area contributed by atoms with Gasteiger partial charge in [0.15, 0.2) is 0 Å². The molecular formula is C23H31N3O3. The molecule has 29 heavy (non-hydrogen) atoms. The number of carbonyl (C=O) groups excluding carboxylic acids is 1. The highest BCUT2D eigenvalue weighted by molar-refractivity contribution is 5.80. The summed E-state index contributed by atoms with van der Waals surface area (Å²) < 4.78 is 2.03. The SMILES string of the molecule is Cc1nn(CC(C)C)c(C)c1CCC(=O)N1CC(C(=O)O)C(c2ccccc2)C1. The van der Waals surface area contributed by atoms with Gasteiger partial charge < -0.3 is 10.0 Å². The molecule has 6 nitrogen and oxygen atoms in total. The molecule has 3 rings (SSSR count). The van der Waals surface area contributed by atoms with Gasteiger partial charge >= 0.3 is 5.97 Å². The number of aryl methyl sites for hydroxylation is 1. The molecule has 0 saturated carbocycles. The summed E-state index contributed by atoms with van der Waals surface area (Å²) in [5.41, 5.74) is 4.21. The minimum atomic E-state index is -0.837. The van der Waals surface area contributed by atoms with Crippen LogP contribution in [-0.4, -0.2) is 44.8 Å². The van der Waals surface area contributed by atoms with Gasteiger partial charge in [-0.25, -0.2) is 0 Å². The lowest BCUT2D eigenvalue weighted by atomic mass is 9.89. The Bertz CT molecular complexity index is 873. The van der Waals surface area contributed by atoms with Crippen molar-refractivity contribution >= 4 is 11.9 Å². The van der Waals surface area contributed by atoms with Crippen molar-refractivity contribution in [1.29, 1.82) is 0 Å². The van der Waals surface area contributed by atoms with Gasteiger partial charge in [0.2, 0.25) is 5.91 Å². The number of amides is 1. The number of aliphatic carboxylic acids is 1. The number of hydrogen-bond acceptors (Lipinski definition) is 3. The van der Waals surface area contributed by atoms with Gasteiger partial charge in [0.05, 0.1) is 11.6 Å². The standard InChI is InChI=1S/C23H31N3O3/c1-15(2)12-26-17(4)19(16(3)24-26)10-11-22(27)25-13-20(21(14-25)23(28)29)18-8-6-5-7-9-18/h5-9,15,20-21H,10-14H2,1-4H3,(H,28,29). The third-order valence-electron chi connectivity index (χ3n) is 5.88. The summed E-state index contributed by atoms with van der Waals surface area (Å²) in [6, 6.07) is 9.65. The molecule has 1 aromatic heterocycles. The van der Waals surface area contributed by atoms with Gasteiger partial charge in [-0.2, -0.15) is 5.10 Å². The second-order valence-corrected chi connectivity index (χ2v) is 8.49. The molecule has 2 aromatic rings. The molecule has 1 aliphatic rings. The Hall–Kier alpha value is -2.63. The first-order chi connectivity index (χ1) is 13.8. The number of hydrogen-bond donors (Lipinski definition) is 1. The van der Waals surface area contributed by atoms with Crippen LogP contribution in [0, 0.1) is 25.7 Å². The number of carboxylic acids is 1. The fourth-order valence-electron chi connectivity index (χ4n) is 4.31. The Morgan fingerprint density at radius 2 is 1.86 bits per heavy atom. The average molecular weight is 398 g/mol. The van der Waals surface area contributed by atoms with E-state index in [2.05, 4.69) is 25.9 Å². The number of aromatic nitrogens is 2. The molecule has 0 radical (unpaired) electrons. The first kappa shape index (κ1) is 21.1. The van der Waals surface area contributed by atoms with Crippen LogP contribution in [0.2, 0.25) is 0 Å². The van der Waals surface area contributed by atoms with E-state index in [9.17, 15) is 14.7 Å². The van der Waals surface area contributed by atoms with E-state index < -0.39 is 11.9 Å². The first-order valence-electron chi connectivity index (χ1n) is 10.4. The fraction of sp³-hybridized carbons (Fsp3) is 0.522. The summed E-state index contributed by atoms with van der Waals surface area (Å²) in [6.07, 6.45) is 1.02. The Kier molecular flexibility index (Phi) is 6.40. The molecule has 1 N–H and O–H groups in total. The molecule has 0 aliphatic carbocycles. The van der Waals surface area contributed by atoms with Crippen molar-refractivity contribution in [2.75, 3.05) is 13.1 Å². The summed E-state index contributed by atoms with van der Waals surface area (Å²) in [4.78, 5) is 26.4. The van der Waals surface area contributed by atoms with E-state index in [1.54, 1.807) is 4.90 Å². The number of benzene rings is 1. The zero-order valence-electron chi connectivity index (χ0n) is 17.8. The van der Waals surface area contributed by atoms with E-state index in [1.807, 2.05) is 41.9 Å². The van der Waals surface area contributed by atoms with Crippen LogP contribution in [0.25, 0.3) is 0 Å². The van der Waals surface area contributed by atoms with E-state index in [4.69, 9.17) is 0 Å². The normalized spacial score (nSPS) is 19.1. The molecule has 0 bridgehead atoms. The summed E-state index contributed by atoms with van der Waals surface area (Å²) in [7, 11) is 0. The molecule has 156 valence electrons. The zero-order chi connectivity index (χ0) is 21.1. The number of likely N-dealkylation sites (tertiary alicyclic amines) is 1. The van der Waals surface area contributed by atoms with Crippen molar-refractivity contribution < 1.29 is 14.7 Å². The predicted octanol–water partition coefficient (Wildman–Crippen LogP) is 3.42. The van der Waals surface area contributed by atoms with Crippen molar-refractivity contribution in [2.45, 2.75) is 53.0 Å². The predicted molar refractivity (Wildman–Crippen MR) is 112 cm³/mol. The summed E-state index contributed by atoms with van der Waals surface area (Å²) >= 11 is 0. The van der Waals surface area contributed by atoms with E-state index in [0.717, 1.165) is 29.1 Å². The van der Waals surface area contributed by atoms with Crippen LogP contribution in [0.5, 0.6) is 0 Å². The molecule has 0 spiro atoms. The molecular weight excluding hydrogens is 366 g/mol. The molecule has 1 amide bonds. The van der Waals surface area contributed by atoms with Crippen LogP contribution >= 0.6 is 0 Å². The van der Waals surface area contributed by atoms with Crippen LogP contribution < -0.4 is 0 Å². The van der Waals surface area contributed by atoms with Gasteiger partial charge in [0.25, 0.3) is 0 Å². The largest absolute Gasteiger partial charge is 0.481 e. The van der Waals surface area contributed by atoms with E-state index in [0.29, 0.717) is 25.3 Å². The lowest BCUT2D eigenvalue weighted by molar-refractivity contribution is -0.141. The lowest BCUT2D eigenvalue weighted by Gasteiger charge is -2.17. The monoisotopic (exact) mass is 397 g/mol. The van der Waals surface area contributed by atoms with Crippen LogP contribution in [0.3, 0.4) is 0 Å². The minimum absolute atomic E-state index is 0.0186. The molecule has 1 saturated heterocycles. The Labute approximate surface area is 172 Å². The Morgan fingerprint density at radius 1 is 1.17 bits per heavy atom. The van der Waals surface area contributed by atoms with Gasteiger partial charge in [-0.15, -0.1) is 0 Å². The Morgan fingerprint density at radius 3 is 2.48 bits per heavy atom. The maximum Gasteiger partial charge on any atom is 0.308 e. The highest BCUT2D eigenvalue weighted by Crippen LogP contribution is 2.33. The molecule has 1 aliphatic heterocycles. The quantitative estimate of drug-likeness (QED) is 0.777. The van der Waals surface area contributed by atoms with Gasteiger partial charge in [-0.05, 0) is 37.3 Å². The van der Waals surface area contributed by atoms with Crippen molar-refractivity contribution in [3.63, 3.8) is 0 Å². The minimum Gasteiger partial charge on any atom is -0.481 e. The van der Waals surface area contributed by atoms with E-state index >= 15 is 0 Å². The van der Waals surface area contributed by atoms with E-state index in [-0.39, 0.29) is 18.4 Å². The van der Waals surface area contributed by atoms with Gasteiger partial charge in [-0.3, -0.25) is 14.3 Å². The number of carboxylic acid groups (broad SMARTS) is 1. The number of rotatable bonds is 7. The second kappa shape index (κ2) is 8.80. The fourth-order valence-corrected chi connectivity index (χ4v) is 4.31. The van der Waals surface area contributed by atoms with Gasteiger partial charge in [0.1, 0.15) is 0 Å². The van der Waals surface area contributed by atoms with Crippen LogP contribution in [0.1, 0.15) is 48.7 Å².